The Morgan fingerprint density at radius 2 is 2.00 bits per heavy atom. The lowest BCUT2D eigenvalue weighted by Gasteiger charge is -2.41. The van der Waals surface area contributed by atoms with E-state index < -0.39 is 0 Å². The lowest BCUT2D eigenvalue weighted by molar-refractivity contribution is -0.101. The first-order valence-corrected chi connectivity index (χ1v) is 6.30. The van der Waals surface area contributed by atoms with Crippen LogP contribution >= 0.6 is 0 Å². The van der Waals surface area contributed by atoms with Crippen LogP contribution in [-0.4, -0.2) is 25.8 Å². The van der Waals surface area contributed by atoms with E-state index in [0.29, 0.717) is 10.8 Å². The lowest BCUT2D eigenvalue weighted by Crippen LogP contribution is -2.50. The largest absolute Gasteiger partial charge is 0.380 e. The van der Waals surface area contributed by atoms with Gasteiger partial charge in [-0.05, 0) is 24.7 Å². The first-order valence-electron chi connectivity index (χ1n) is 6.30. The summed E-state index contributed by atoms with van der Waals surface area (Å²) in [7, 11) is 0. The molecule has 15 heavy (non-hydrogen) atoms. The smallest absolute Gasteiger partial charge is 0.0554 e. The van der Waals surface area contributed by atoms with Crippen molar-refractivity contribution < 1.29 is 4.74 Å². The molecule has 0 aromatic rings. The molecule has 0 spiro atoms. The Bertz CT molecular complexity index is 221. The van der Waals surface area contributed by atoms with Gasteiger partial charge in [-0.2, -0.15) is 0 Å². The Kier molecular flexibility index (Phi) is 3.09. The van der Waals surface area contributed by atoms with Gasteiger partial charge in [-0.25, -0.2) is 0 Å². The summed E-state index contributed by atoms with van der Waals surface area (Å²) in [6.45, 7) is 10.1. The van der Waals surface area contributed by atoms with Crippen molar-refractivity contribution in [2.24, 2.45) is 10.8 Å². The quantitative estimate of drug-likeness (QED) is 0.774. The van der Waals surface area contributed by atoms with Crippen molar-refractivity contribution in [1.29, 1.82) is 0 Å². The number of hydrogen-bond acceptors (Lipinski definition) is 2. The zero-order valence-electron chi connectivity index (χ0n) is 10.4. The van der Waals surface area contributed by atoms with Gasteiger partial charge in [0.05, 0.1) is 13.2 Å². The summed E-state index contributed by atoms with van der Waals surface area (Å²) in [6, 6.07) is 0.742. The Labute approximate surface area is 93.8 Å². The molecule has 1 aliphatic carbocycles. The SMILES string of the molecule is CC1(C)CCCC(NCC2(C)COC2)C1. The van der Waals surface area contributed by atoms with Gasteiger partial charge in [0.15, 0.2) is 0 Å². The average molecular weight is 211 g/mol. The summed E-state index contributed by atoms with van der Waals surface area (Å²) >= 11 is 0. The molecule has 0 amide bonds. The molecule has 1 saturated carbocycles. The molecular weight excluding hydrogens is 186 g/mol. The third-order valence-corrected chi connectivity index (χ3v) is 3.92. The maximum absolute atomic E-state index is 5.28. The van der Waals surface area contributed by atoms with Crippen molar-refractivity contribution in [3.8, 4) is 0 Å². The average Bonchev–Trinajstić information content (AvgIpc) is 2.10. The van der Waals surface area contributed by atoms with Crippen LogP contribution in [0, 0.1) is 10.8 Å². The molecule has 0 aromatic heterocycles. The van der Waals surface area contributed by atoms with E-state index in [1.54, 1.807) is 0 Å². The Morgan fingerprint density at radius 3 is 2.53 bits per heavy atom. The van der Waals surface area contributed by atoms with Crippen LogP contribution < -0.4 is 5.32 Å². The maximum Gasteiger partial charge on any atom is 0.0554 e. The van der Waals surface area contributed by atoms with Crippen LogP contribution in [0.2, 0.25) is 0 Å². The van der Waals surface area contributed by atoms with E-state index in [1.165, 1.54) is 25.7 Å². The third-order valence-electron chi connectivity index (χ3n) is 3.92. The van der Waals surface area contributed by atoms with Crippen LogP contribution in [-0.2, 0) is 4.74 Å². The minimum absolute atomic E-state index is 0.418. The summed E-state index contributed by atoms with van der Waals surface area (Å²) < 4.78 is 5.28. The third kappa shape index (κ3) is 2.94. The molecule has 0 aromatic carbocycles. The van der Waals surface area contributed by atoms with Gasteiger partial charge in [0, 0.05) is 18.0 Å². The van der Waals surface area contributed by atoms with Gasteiger partial charge in [0.1, 0.15) is 0 Å². The van der Waals surface area contributed by atoms with Gasteiger partial charge in [0.2, 0.25) is 0 Å². The first kappa shape index (κ1) is 11.4. The topological polar surface area (TPSA) is 21.3 Å². The molecule has 2 fully saturated rings. The first-order chi connectivity index (χ1) is 6.99. The highest BCUT2D eigenvalue weighted by atomic mass is 16.5. The van der Waals surface area contributed by atoms with Gasteiger partial charge in [-0.1, -0.05) is 27.2 Å². The van der Waals surface area contributed by atoms with E-state index in [-0.39, 0.29) is 0 Å². The van der Waals surface area contributed by atoms with Crippen molar-refractivity contribution in [2.75, 3.05) is 19.8 Å². The van der Waals surface area contributed by atoms with Gasteiger partial charge in [-0.15, -0.1) is 0 Å². The minimum atomic E-state index is 0.418. The van der Waals surface area contributed by atoms with Crippen molar-refractivity contribution in [3.63, 3.8) is 0 Å². The van der Waals surface area contributed by atoms with Crippen LogP contribution in [0.25, 0.3) is 0 Å². The van der Waals surface area contributed by atoms with E-state index in [2.05, 4.69) is 26.1 Å². The van der Waals surface area contributed by atoms with Crippen LogP contribution in [0.3, 0.4) is 0 Å². The second-order valence-corrected chi connectivity index (χ2v) is 6.64. The molecule has 2 heteroatoms. The molecule has 1 saturated heterocycles. The highest BCUT2D eigenvalue weighted by Gasteiger charge is 2.35. The fraction of sp³-hybridized carbons (Fsp3) is 1.00. The molecule has 88 valence electrons. The Hall–Kier alpha value is -0.0800. The Balaban J connectivity index is 1.74. The zero-order valence-corrected chi connectivity index (χ0v) is 10.4. The maximum atomic E-state index is 5.28. The van der Waals surface area contributed by atoms with E-state index in [4.69, 9.17) is 4.74 Å². The molecule has 1 N–H and O–H groups in total. The molecular formula is C13H25NO. The van der Waals surface area contributed by atoms with E-state index in [1.807, 2.05) is 0 Å². The van der Waals surface area contributed by atoms with E-state index in [9.17, 15) is 0 Å². The molecule has 2 rings (SSSR count). The minimum Gasteiger partial charge on any atom is -0.380 e. The predicted molar refractivity (Wildman–Crippen MR) is 63.0 cm³/mol. The standard InChI is InChI=1S/C13H25NO/c1-12(2)6-4-5-11(7-12)14-8-13(3)9-15-10-13/h11,14H,4-10H2,1-3H3. The lowest BCUT2D eigenvalue weighted by atomic mass is 9.75. The molecule has 1 aliphatic heterocycles. The van der Waals surface area contributed by atoms with E-state index in [0.717, 1.165) is 25.8 Å². The van der Waals surface area contributed by atoms with Crippen LogP contribution in [0.15, 0.2) is 0 Å². The second-order valence-electron chi connectivity index (χ2n) is 6.64. The Morgan fingerprint density at radius 1 is 1.27 bits per heavy atom. The van der Waals surface area contributed by atoms with Crippen molar-refractivity contribution in [3.05, 3.63) is 0 Å². The fourth-order valence-corrected chi connectivity index (χ4v) is 2.82. The van der Waals surface area contributed by atoms with Crippen LogP contribution in [0.4, 0.5) is 0 Å². The number of ether oxygens (including phenoxy) is 1. The second kappa shape index (κ2) is 4.06. The summed E-state index contributed by atoms with van der Waals surface area (Å²) in [6.07, 6.45) is 5.48. The summed E-state index contributed by atoms with van der Waals surface area (Å²) in [5.41, 5.74) is 0.967. The normalized spacial score (nSPS) is 33.4. The van der Waals surface area contributed by atoms with Crippen LogP contribution in [0.1, 0.15) is 46.5 Å². The van der Waals surface area contributed by atoms with Gasteiger partial charge in [-0.3, -0.25) is 0 Å². The molecule has 2 nitrogen and oxygen atoms in total. The zero-order chi connectivity index (χ0) is 10.9. The molecule has 1 heterocycles. The monoisotopic (exact) mass is 211 g/mol. The van der Waals surface area contributed by atoms with Gasteiger partial charge in [0.25, 0.3) is 0 Å². The van der Waals surface area contributed by atoms with Crippen molar-refractivity contribution >= 4 is 0 Å². The molecule has 0 radical (unpaired) electrons. The molecule has 2 aliphatic rings. The van der Waals surface area contributed by atoms with Gasteiger partial charge >= 0.3 is 0 Å². The highest BCUT2D eigenvalue weighted by Crippen LogP contribution is 2.35. The summed E-state index contributed by atoms with van der Waals surface area (Å²) in [5.74, 6) is 0. The molecule has 1 atom stereocenters. The number of hydrogen-bond donors (Lipinski definition) is 1. The fourth-order valence-electron chi connectivity index (χ4n) is 2.82. The van der Waals surface area contributed by atoms with E-state index >= 15 is 0 Å². The van der Waals surface area contributed by atoms with Gasteiger partial charge < -0.3 is 10.1 Å². The predicted octanol–water partition coefficient (Wildman–Crippen LogP) is 2.58. The highest BCUT2D eigenvalue weighted by molar-refractivity contribution is 4.88. The summed E-state index contributed by atoms with van der Waals surface area (Å²) in [4.78, 5) is 0. The van der Waals surface area contributed by atoms with Crippen LogP contribution in [0.5, 0.6) is 0 Å². The summed E-state index contributed by atoms with van der Waals surface area (Å²) in [5, 5.41) is 3.74. The van der Waals surface area contributed by atoms with Crippen molar-refractivity contribution in [1.82, 2.24) is 5.32 Å². The number of rotatable bonds is 3. The molecule has 1 unspecified atom stereocenters. The number of nitrogens with one attached hydrogen (secondary N) is 1. The molecule has 0 bridgehead atoms. The van der Waals surface area contributed by atoms with Crippen molar-refractivity contribution in [2.45, 2.75) is 52.5 Å².